The number of rotatable bonds is 4. The third kappa shape index (κ3) is 3.50. The average molecular weight is 474 g/mol. The molecule has 0 radical (unpaired) electrons. The van der Waals surface area contributed by atoms with Crippen LogP contribution in [0, 0.1) is 0 Å². The number of benzene rings is 3. The number of hydrogen-bond donors (Lipinski definition) is 0. The summed E-state index contributed by atoms with van der Waals surface area (Å²) in [5.41, 5.74) is 3.36. The lowest BCUT2D eigenvalue weighted by Gasteiger charge is -2.49. The zero-order valence-corrected chi connectivity index (χ0v) is 19.8. The maximum atomic E-state index is 13.6. The fourth-order valence-electron chi connectivity index (χ4n) is 5.89. The molecule has 3 aliphatic heterocycles. The Labute approximate surface area is 205 Å². The Bertz CT molecular complexity index is 1200. The molecule has 3 aromatic carbocycles. The molecular formula is C28H28ClN3O2. The summed E-state index contributed by atoms with van der Waals surface area (Å²) in [5.74, 6) is 0.1000. The number of nitrogens with zero attached hydrogens (tertiary/aromatic N) is 3. The van der Waals surface area contributed by atoms with Gasteiger partial charge in [-0.3, -0.25) is 9.69 Å². The van der Waals surface area contributed by atoms with Crippen LogP contribution in [0.1, 0.15) is 27.4 Å². The Morgan fingerprint density at radius 1 is 0.882 bits per heavy atom. The van der Waals surface area contributed by atoms with Crippen molar-refractivity contribution in [2.24, 2.45) is 0 Å². The lowest BCUT2D eigenvalue weighted by Crippen LogP contribution is -2.57. The average Bonchev–Trinajstić information content (AvgIpc) is 3.34. The molecule has 6 heteroatoms. The number of carbonyl (C=O) groups is 1. The number of amides is 1. The maximum Gasteiger partial charge on any atom is 0.256 e. The fourth-order valence-corrected chi connectivity index (χ4v) is 6.07. The molecule has 5 nitrogen and oxygen atoms in total. The van der Waals surface area contributed by atoms with Crippen LogP contribution in [0.4, 0.5) is 5.69 Å². The van der Waals surface area contributed by atoms with E-state index in [0.717, 1.165) is 54.4 Å². The first kappa shape index (κ1) is 21.7. The molecule has 2 saturated heterocycles. The molecule has 2 fully saturated rings. The van der Waals surface area contributed by atoms with Gasteiger partial charge in [0.15, 0.2) is 5.72 Å². The maximum absolute atomic E-state index is 13.6. The minimum Gasteiger partial charge on any atom is -0.369 e. The molecule has 6 rings (SSSR count). The zero-order valence-electron chi connectivity index (χ0n) is 19.1. The molecule has 0 aromatic heterocycles. The van der Waals surface area contributed by atoms with Crippen LogP contribution < -0.4 is 4.90 Å². The first-order valence-electron chi connectivity index (χ1n) is 12.0. The fraction of sp³-hybridized carbons (Fsp3) is 0.321. The van der Waals surface area contributed by atoms with Gasteiger partial charge < -0.3 is 14.5 Å². The summed E-state index contributed by atoms with van der Waals surface area (Å²) in [6.45, 7) is 5.77. The molecule has 3 heterocycles. The minimum absolute atomic E-state index is 0.0315. The standard InChI is InChI=1S/C28H28ClN3O2/c29-22-9-6-10-23(19-22)31-15-13-30(14-16-31)20-26-24-11-4-5-12-25(24)27(33)32-17-18-34-28(26,32)21-7-2-1-3-8-21/h1-12,19,26H,13-18,20H2/t26-,28-/m0/s1. The quantitative estimate of drug-likeness (QED) is 0.555. The SMILES string of the molecule is O=C1c2ccccc2[C@H](CN2CCN(c3cccc(Cl)c3)CC2)[C@]2(c3ccccc3)OCCN12. The minimum atomic E-state index is -0.767. The molecule has 3 aromatic rings. The van der Waals surface area contributed by atoms with Crippen LogP contribution in [0.3, 0.4) is 0 Å². The molecule has 1 amide bonds. The molecule has 0 N–H and O–H groups in total. The highest BCUT2D eigenvalue weighted by atomic mass is 35.5. The molecule has 34 heavy (non-hydrogen) atoms. The van der Waals surface area contributed by atoms with Crippen molar-refractivity contribution in [1.29, 1.82) is 0 Å². The number of ether oxygens (including phenoxy) is 1. The summed E-state index contributed by atoms with van der Waals surface area (Å²) in [7, 11) is 0. The predicted molar refractivity (Wildman–Crippen MR) is 134 cm³/mol. The van der Waals surface area contributed by atoms with Gasteiger partial charge in [-0.15, -0.1) is 0 Å². The van der Waals surface area contributed by atoms with Gasteiger partial charge in [-0.25, -0.2) is 0 Å². The van der Waals surface area contributed by atoms with Crippen LogP contribution >= 0.6 is 11.6 Å². The van der Waals surface area contributed by atoms with Crippen LogP contribution in [-0.2, 0) is 10.5 Å². The normalized spacial score (nSPS) is 24.7. The Morgan fingerprint density at radius 3 is 2.44 bits per heavy atom. The lowest BCUT2D eigenvalue weighted by molar-refractivity contribution is -0.106. The number of fused-ring (bicyclic) bond motifs is 2. The Morgan fingerprint density at radius 2 is 1.65 bits per heavy atom. The van der Waals surface area contributed by atoms with E-state index in [2.05, 4.69) is 34.1 Å². The molecule has 0 aliphatic carbocycles. The first-order chi connectivity index (χ1) is 16.7. The second kappa shape index (κ2) is 8.73. The Hall–Kier alpha value is -2.86. The predicted octanol–water partition coefficient (Wildman–Crippen LogP) is 4.58. The van der Waals surface area contributed by atoms with Gasteiger partial charge in [0.1, 0.15) is 0 Å². The molecule has 3 aliphatic rings. The van der Waals surface area contributed by atoms with Crippen molar-refractivity contribution in [2.75, 3.05) is 50.8 Å². The van der Waals surface area contributed by atoms with Gasteiger partial charge in [0, 0.05) is 61.1 Å². The van der Waals surface area contributed by atoms with Crippen LogP contribution in [0.2, 0.25) is 5.02 Å². The van der Waals surface area contributed by atoms with Gasteiger partial charge in [0.2, 0.25) is 0 Å². The van der Waals surface area contributed by atoms with Crippen molar-refractivity contribution in [1.82, 2.24) is 9.80 Å². The first-order valence-corrected chi connectivity index (χ1v) is 12.4. The highest BCUT2D eigenvalue weighted by Crippen LogP contribution is 2.51. The monoisotopic (exact) mass is 473 g/mol. The molecular weight excluding hydrogens is 446 g/mol. The van der Waals surface area contributed by atoms with E-state index >= 15 is 0 Å². The topological polar surface area (TPSA) is 36.0 Å². The van der Waals surface area contributed by atoms with E-state index in [9.17, 15) is 4.79 Å². The number of hydrogen-bond acceptors (Lipinski definition) is 4. The van der Waals surface area contributed by atoms with E-state index in [0.29, 0.717) is 13.2 Å². The molecule has 174 valence electrons. The number of piperazine rings is 1. The number of carbonyl (C=O) groups excluding carboxylic acids is 1. The molecule has 0 bridgehead atoms. The largest absolute Gasteiger partial charge is 0.369 e. The van der Waals surface area contributed by atoms with Gasteiger partial charge >= 0.3 is 0 Å². The van der Waals surface area contributed by atoms with E-state index in [1.807, 2.05) is 59.5 Å². The molecule has 0 spiro atoms. The number of anilines is 1. The van der Waals surface area contributed by atoms with E-state index in [1.165, 1.54) is 5.69 Å². The van der Waals surface area contributed by atoms with Crippen molar-refractivity contribution in [3.63, 3.8) is 0 Å². The van der Waals surface area contributed by atoms with Crippen LogP contribution in [0.15, 0.2) is 78.9 Å². The van der Waals surface area contributed by atoms with Crippen molar-refractivity contribution >= 4 is 23.2 Å². The van der Waals surface area contributed by atoms with Crippen LogP contribution in [0.25, 0.3) is 0 Å². The summed E-state index contributed by atoms with van der Waals surface area (Å²) >= 11 is 6.22. The molecule has 0 unspecified atom stereocenters. The smallest absolute Gasteiger partial charge is 0.256 e. The molecule has 2 atom stereocenters. The number of halogens is 1. The van der Waals surface area contributed by atoms with E-state index < -0.39 is 5.72 Å². The second-order valence-electron chi connectivity index (χ2n) is 9.28. The summed E-state index contributed by atoms with van der Waals surface area (Å²) < 4.78 is 6.57. The van der Waals surface area contributed by atoms with Crippen LogP contribution in [-0.4, -0.2) is 61.6 Å². The summed E-state index contributed by atoms with van der Waals surface area (Å²) in [4.78, 5) is 20.4. The van der Waals surface area contributed by atoms with Gasteiger partial charge in [0.05, 0.1) is 12.5 Å². The van der Waals surface area contributed by atoms with Crippen molar-refractivity contribution < 1.29 is 9.53 Å². The summed E-state index contributed by atoms with van der Waals surface area (Å²) in [6, 6.07) is 26.5. The van der Waals surface area contributed by atoms with E-state index in [4.69, 9.17) is 16.3 Å². The second-order valence-corrected chi connectivity index (χ2v) is 9.71. The van der Waals surface area contributed by atoms with E-state index in [1.54, 1.807) is 0 Å². The lowest BCUT2D eigenvalue weighted by atomic mass is 9.76. The summed E-state index contributed by atoms with van der Waals surface area (Å²) in [5, 5.41) is 0.770. The highest BCUT2D eigenvalue weighted by Gasteiger charge is 2.57. The molecule has 0 saturated carbocycles. The zero-order chi connectivity index (χ0) is 23.1. The van der Waals surface area contributed by atoms with Crippen molar-refractivity contribution in [2.45, 2.75) is 11.6 Å². The van der Waals surface area contributed by atoms with Gasteiger partial charge in [-0.05, 0) is 29.8 Å². The van der Waals surface area contributed by atoms with Crippen molar-refractivity contribution in [3.8, 4) is 0 Å². The van der Waals surface area contributed by atoms with E-state index in [-0.39, 0.29) is 11.8 Å². The summed E-state index contributed by atoms with van der Waals surface area (Å²) in [6.07, 6.45) is 0. The van der Waals surface area contributed by atoms with Crippen molar-refractivity contribution in [3.05, 3.63) is 101 Å². The Kier molecular flexibility index (Phi) is 5.56. The highest BCUT2D eigenvalue weighted by molar-refractivity contribution is 6.30. The van der Waals surface area contributed by atoms with Gasteiger partial charge in [-0.2, -0.15) is 0 Å². The van der Waals surface area contributed by atoms with Gasteiger partial charge in [0.25, 0.3) is 5.91 Å². The third-order valence-electron chi connectivity index (χ3n) is 7.50. The van der Waals surface area contributed by atoms with Crippen LogP contribution in [0.5, 0.6) is 0 Å². The van der Waals surface area contributed by atoms with Gasteiger partial charge in [-0.1, -0.05) is 66.2 Å². The Balaban J connectivity index is 1.32. The third-order valence-corrected chi connectivity index (χ3v) is 7.73.